The molecule has 3 aromatic rings. The summed E-state index contributed by atoms with van der Waals surface area (Å²) in [7, 11) is -3.90. The molecule has 2 amide bonds. The highest BCUT2D eigenvalue weighted by Crippen LogP contribution is 2.29. The molecular weight excluding hydrogens is 516 g/mol. The molecule has 0 aliphatic rings. The van der Waals surface area contributed by atoms with Crippen molar-refractivity contribution in [1.29, 1.82) is 0 Å². The molecule has 2 aromatic carbocycles. The van der Waals surface area contributed by atoms with Gasteiger partial charge in [0.25, 0.3) is 5.91 Å². The number of amides is 2. The van der Waals surface area contributed by atoms with Gasteiger partial charge in [-0.05, 0) is 83.4 Å². The van der Waals surface area contributed by atoms with Gasteiger partial charge < -0.3 is 15.4 Å². The molecule has 0 fully saturated rings. The molecule has 10 heteroatoms. The zero-order valence-electron chi connectivity index (χ0n) is 23.7. The number of anilines is 1. The predicted octanol–water partition coefficient (Wildman–Crippen LogP) is 5.31. The summed E-state index contributed by atoms with van der Waals surface area (Å²) in [6, 6.07) is 13.1. The Bertz CT molecular complexity index is 1440. The minimum Gasteiger partial charge on any atom is -0.444 e. The van der Waals surface area contributed by atoms with Gasteiger partial charge in [-0.2, -0.15) is 5.10 Å². The quantitative estimate of drug-likeness (QED) is 0.370. The number of sulfone groups is 1. The summed E-state index contributed by atoms with van der Waals surface area (Å²) < 4.78 is 34.6. The highest BCUT2D eigenvalue weighted by Gasteiger charge is 2.29. The molecule has 0 unspecified atom stereocenters. The number of benzene rings is 2. The van der Waals surface area contributed by atoms with Gasteiger partial charge >= 0.3 is 6.09 Å². The van der Waals surface area contributed by atoms with Crippen molar-refractivity contribution in [3.05, 3.63) is 71.0 Å². The zero-order valence-corrected chi connectivity index (χ0v) is 24.5. The number of aryl methyl sites for hydroxylation is 2. The lowest BCUT2D eigenvalue weighted by atomic mass is 10.1. The highest BCUT2D eigenvalue weighted by molar-refractivity contribution is 7.91. The van der Waals surface area contributed by atoms with Gasteiger partial charge in [-0.15, -0.1) is 0 Å². The number of ether oxygens (including phenoxy) is 1. The van der Waals surface area contributed by atoms with E-state index in [-0.39, 0.29) is 28.3 Å². The molecule has 1 atom stereocenters. The van der Waals surface area contributed by atoms with E-state index in [9.17, 15) is 18.0 Å². The lowest BCUT2D eigenvalue weighted by molar-refractivity contribution is 0.0503. The first-order chi connectivity index (χ1) is 18.3. The average Bonchev–Trinajstić information content (AvgIpc) is 3.21. The molecule has 3 rings (SSSR count). The van der Waals surface area contributed by atoms with Gasteiger partial charge in [0.2, 0.25) is 9.84 Å². The molecule has 2 N–H and O–H groups in total. The van der Waals surface area contributed by atoms with Crippen LogP contribution in [-0.4, -0.2) is 41.8 Å². The Morgan fingerprint density at radius 2 is 1.67 bits per heavy atom. The molecule has 1 aromatic heterocycles. The Kier molecular flexibility index (Phi) is 9.22. The van der Waals surface area contributed by atoms with Crippen LogP contribution in [0.3, 0.4) is 0 Å². The molecule has 0 bridgehead atoms. The number of aromatic nitrogens is 2. The Hall–Kier alpha value is -3.66. The van der Waals surface area contributed by atoms with Gasteiger partial charge in [0.1, 0.15) is 10.5 Å². The van der Waals surface area contributed by atoms with Gasteiger partial charge in [-0.3, -0.25) is 9.48 Å². The smallest absolute Gasteiger partial charge is 0.407 e. The van der Waals surface area contributed by atoms with E-state index >= 15 is 0 Å². The predicted molar refractivity (Wildman–Crippen MR) is 151 cm³/mol. The third-order valence-electron chi connectivity index (χ3n) is 6.04. The van der Waals surface area contributed by atoms with E-state index in [1.807, 2.05) is 39.8 Å². The molecule has 9 nitrogen and oxygen atoms in total. The van der Waals surface area contributed by atoms with Crippen molar-refractivity contribution in [2.24, 2.45) is 0 Å². The molecule has 39 heavy (non-hydrogen) atoms. The largest absolute Gasteiger partial charge is 0.444 e. The maximum Gasteiger partial charge on any atom is 0.407 e. The second-order valence-corrected chi connectivity index (χ2v) is 12.3. The van der Waals surface area contributed by atoms with Crippen LogP contribution in [0.4, 0.5) is 10.5 Å². The Labute approximate surface area is 230 Å². The lowest BCUT2D eigenvalue weighted by Gasteiger charge is -2.22. The number of alkyl carbamates (subject to hydrolysis) is 1. The number of hydrogen-bond acceptors (Lipinski definition) is 6. The summed E-state index contributed by atoms with van der Waals surface area (Å²) in [5, 5.41) is 10.2. The Morgan fingerprint density at radius 3 is 2.23 bits per heavy atom. The van der Waals surface area contributed by atoms with Crippen LogP contribution < -0.4 is 10.6 Å². The summed E-state index contributed by atoms with van der Waals surface area (Å²) >= 11 is 0. The van der Waals surface area contributed by atoms with Gasteiger partial charge in [0, 0.05) is 17.3 Å². The van der Waals surface area contributed by atoms with Gasteiger partial charge in [-0.1, -0.05) is 32.0 Å². The van der Waals surface area contributed by atoms with Crippen molar-refractivity contribution < 1.29 is 22.7 Å². The van der Waals surface area contributed by atoms with E-state index in [0.717, 1.165) is 5.56 Å². The average molecular weight is 555 g/mol. The van der Waals surface area contributed by atoms with Gasteiger partial charge in [0.05, 0.1) is 22.8 Å². The first-order valence-electron chi connectivity index (χ1n) is 13.1. The SMILES string of the molecule is CCc1nn(C[C@H](C)NC(=O)OC(C)(C)C)c(CC)c1S(=O)(=O)c1ccc(NC(=O)c2ccccc2C)cc1. The number of carbonyl (C=O) groups excluding carboxylic acids is 2. The van der Waals surface area contributed by atoms with Crippen LogP contribution in [0.15, 0.2) is 58.3 Å². The summed E-state index contributed by atoms with van der Waals surface area (Å²) in [6.45, 7) is 13.1. The van der Waals surface area contributed by atoms with Crippen molar-refractivity contribution >= 4 is 27.5 Å². The first kappa shape index (κ1) is 29.9. The van der Waals surface area contributed by atoms with Crippen LogP contribution in [0.5, 0.6) is 0 Å². The topological polar surface area (TPSA) is 119 Å². The normalized spacial score (nSPS) is 12.6. The zero-order chi connectivity index (χ0) is 29.0. The van der Waals surface area contributed by atoms with Crippen molar-refractivity contribution in [2.45, 2.75) is 89.3 Å². The Balaban J connectivity index is 1.85. The summed E-state index contributed by atoms with van der Waals surface area (Å²) in [4.78, 5) is 25.1. The molecule has 0 saturated carbocycles. The second-order valence-electron chi connectivity index (χ2n) is 10.5. The first-order valence-corrected chi connectivity index (χ1v) is 14.5. The molecule has 0 spiro atoms. The van der Waals surface area contributed by atoms with E-state index in [1.165, 1.54) is 12.1 Å². The summed E-state index contributed by atoms with van der Waals surface area (Å²) in [6.07, 6.45) is 0.316. The minimum atomic E-state index is -3.90. The number of carbonyl (C=O) groups is 2. The van der Waals surface area contributed by atoms with Crippen LogP contribution in [0, 0.1) is 6.92 Å². The maximum absolute atomic E-state index is 13.8. The van der Waals surface area contributed by atoms with Crippen molar-refractivity contribution in [2.75, 3.05) is 5.32 Å². The number of rotatable bonds is 9. The summed E-state index contributed by atoms with van der Waals surface area (Å²) in [5.41, 5.74) is 2.30. The molecule has 0 aliphatic carbocycles. The molecule has 0 radical (unpaired) electrons. The highest BCUT2D eigenvalue weighted by atomic mass is 32.2. The minimum absolute atomic E-state index is 0.111. The van der Waals surface area contributed by atoms with Gasteiger partial charge in [0.15, 0.2) is 0 Å². The molecule has 210 valence electrons. The van der Waals surface area contributed by atoms with Crippen LogP contribution >= 0.6 is 0 Å². The summed E-state index contributed by atoms with van der Waals surface area (Å²) in [5.74, 6) is -0.263. The van der Waals surface area contributed by atoms with Crippen molar-refractivity contribution in [3.8, 4) is 0 Å². The van der Waals surface area contributed by atoms with E-state index in [2.05, 4.69) is 15.7 Å². The van der Waals surface area contributed by atoms with Crippen LogP contribution in [0.1, 0.15) is 68.9 Å². The second kappa shape index (κ2) is 12.0. The number of nitrogens with one attached hydrogen (secondary N) is 2. The van der Waals surface area contributed by atoms with Crippen molar-refractivity contribution in [1.82, 2.24) is 15.1 Å². The standard InChI is InChI=1S/C29H38N4O5S/c1-8-24-26(25(9-2)33(32-24)18-20(4)30-28(35)38-29(5,6)7)39(36,37)22-16-14-21(15-17-22)31-27(34)23-13-11-10-12-19(23)3/h10-17,20H,8-9,18H2,1-7H3,(H,30,35)(H,31,34)/t20-/m0/s1. The molecule has 1 heterocycles. The van der Waals surface area contributed by atoms with E-state index in [4.69, 9.17) is 4.74 Å². The molecule has 0 saturated heterocycles. The number of hydrogen-bond donors (Lipinski definition) is 2. The van der Waals surface area contributed by atoms with Gasteiger partial charge in [-0.25, -0.2) is 13.2 Å². The van der Waals surface area contributed by atoms with E-state index < -0.39 is 21.5 Å². The van der Waals surface area contributed by atoms with Crippen LogP contribution in [0.25, 0.3) is 0 Å². The van der Waals surface area contributed by atoms with Crippen LogP contribution in [0.2, 0.25) is 0 Å². The fourth-order valence-corrected chi connectivity index (χ4v) is 6.03. The van der Waals surface area contributed by atoms with Crippen molar-refractivity contribution in [3.63, 3.8) is 0 Å². The number of nitrogens with zero attached hydrogens (tertiary/aromatic N) is 2. The van der Waals surface area contributed by atoms with E-state index in [0.29, 0.717) is 35.5 Å². The maximum atomic E-state index is 13.8. The molecule has 0 aliphatic heterocycles. The molecular formula is C29H38N4O5S. The fourth-order valence-electron chi connectivity index (χ4n) is 4.25. The lowest BCUT2D eigenvalue weighted by Crippen LogP contribution is -2.40. The monoisotopic (exact) mass is 554 g/mol. The fraction of sp³-hybridized carbons (Fsp3) is 0.414. The Morgan fingerprint density at radius 1 is 1.03 bits per heavy atom. The third kappa shape index (κ3) is 7.26. The van der Waals surface area contributed by atoms with E-state index in [1.54, 1.807) is 49.7 Å². The third-order valence-corrected chi connectivity index (χ3v) is 7.94. The van der Waals surface area contributed by atoms with Crippen LogP contribution in [-0.2, 0) is 34.0 Å².